The second-order valence-electron chi connectivity index (χ2n) is 6.19. The lowest BCUT2D eigenvalue weighted by Gasteiger charge is -2.15. The molecule has 0 saturated heterocycles. The van der Waals surface area contributed by atoms with Crippen LogP contribution in [-0.2, 0) is 6.54 Å². The largest absolute Gasteiger partial charge is 0.496 e. The van der Waals surface area contributed by atoms with Crippen molar-refractivity contribution in [2.75, 3.05) is 20.8 Å². The molecule has 0 aromatic heterocycles. The van der Waals surface area contributed by atoms with Crippen molar-refractivity contribution in [3.63, 3.8) is 0 Å². The highest BCUT2D eigenvalue weighted by molar-refractivity contribution is 6.32. The van der Waals surface area contributed by atoms with Crippen molar-refractivity contribution in [1.82, 2.24) is 5.32 Å². The van der Waals surface area contributed by atoms with Gasteiger partial charge in [-0.25, -0.2) is 0 Å². The Morgan fingerprint density at radius 2 is 1.81 bits per heavy atom. The number of methoxy groups -OCH3 is 2. The summed E-state index contributed by atoms with van der Waals surface area (Å²) in [5, 5.41) is 3.20. The molecule has 2 rings (SSSR count). The van der Waals surface area contributed by atoms with Crippen molar-refractivity contribution in [1.29, 1.82) is 0 Å². The van der Waals surface area contributed by atoms with Crippen LogP contribution in [0, 0.1) is 5.92 Å². The van der Waals surface area contributed by atoms with E-state index in [-0.39, 0.29) is 5.91 Å². The molecule has 0 unspecified atom stereocenters. The van der Waals surface area contributed by atoms with Crippen molar-refractivity contribution in [3.05, 3.63) is 52.5 Å². The first-order valence-electron chi connectivity index (χ1n) is 8.36. The van der Waals surface area contributed by atoms with Crippen LogP contribution < -0.4 is 19.5 Å². The molecule has 0 bridgehead atoms. The summed E-state index contributed by atoms with van der Waals surface area (Å²) in [6.45, 7) is 4.93. The fourth-order valence-electron chi connectivity index (χ4n) is 2.37. The fraction of sp³-hybridized carbons (Fsp3) is 0.350. The summed E-state index contributed by atoms with van der Waals surface area (Å²) >= 11 is 6.30. The molecule has 0 atom stereocenters. The lowest BCUT2D eigenvalue weighted by molar-refractivity contribution is 0.0950. The summed E-state index contributed by atoms with van der Waals surface area (Å²) in [6.07, 6.45) is 0. The predicted molar refractivity (Wildman–Crippen MR) is 103 cm³/mol. The average Bonchev–Trinajstić information content (AvgIpc) is 2.64. The molecule has 2 aromatic rings. The van der Waals surface area contributed by atoms with Crippen LogP contribution in [0.3, 0.4) is 0 Å². The second-order valence-corrected chi connectivity index (χ2v) is 6.60. The van der Waals surface area contributed by atoms with E-state index < -0.39 is 0 Å². The predicted octanol–water partition coefficient (Wildman–Crippen LogP) is 4.32. The van der Waals surface area contributed by atoms with Gasteiger partial charge in [0.25, 0.3) is 5.91 Å². The number of hydrogen-bond acceptors (Lipinski definition) is 4. The molecule has 0 aliphatic heterocycles. The highest BCUT2D eigenvalue weighted by atomic mass is 35.5. The zero-order chi connectivity index (χ0) is 19.1. The monoisotopic (exact) mass is 377 g/mol. The molecule has 6 heteroatoms. The maximum Gasteiger partial charge on any atom is 0.251 e. The molecule has 1 N–H and O–H groups in total. The molecule has 0 aliphatic rings. The van der Waals surface area contributed by atoms with Gasteiger partial charge in [-0.3, -0.25) is 4.79 Å². The molecule has 0 radical (unpaired) electrons. The minimum atomic E-state index is -0.258. The number of halogens is 1. The average molecular weight is 378 g/mol. The van der Waals surface area contributed by atoms with Crippen LogP contribution >= 0.6 is 11.6 Å². The molecule has 2 aromatic carbocycles. The Bertz CT molecular complexity index is 761. The van der Waals surface area contributed by atoms with E-state index in [9.17, 15) is 4.79 Å². The maximum absolute atomic E-state index is 12.5. The van der Waals surface area contributed by atoms with E-state index in [1.807, 2.05) is 38.1 Å². The molecule has 0 saturated carbocycles. The van der Waals surface area contributed by atoms with E-state index in [0.29, 0.717) is 41.2 Å². The van der Waals surface area contributed by atoms with Crippen molar-refractivity contribution in [2.45, 2.75) is 20.4 Å². The molecular formula is C20H24ClNO4. The number of nitrogens with one attached hydrogen (secondary N) is 1. The first-order chi connectivity index (χ1) is 12.5. The van der Waals surface area contributed by atoms with Gasteiger partial charge in [0.1, 0.15) is 5.75 Å². The molecule has 0 spiro atoms. The van der Waals surface area contributed by atoms with Gasteiger partial charge in [0.05, 0.1) is 25.8 Å². The zero-order valence-corrected chi connectivity index (χ0v) is 16.2. The number of para-hydroxylation sites is 1. The lowest BCUT2D eigenvalue weighted by atomic mass is 10.1. The van der Waals surface area contributed by atoms with Crippen LogP contribution in [0.2, 0.25) is 5.02 Å². The molecular weight excluding hydrogens is 354 g/mol. The Hall–Kier alpha value is -2.40. The minimum Gasteiger partial charge on any atom is -0.496 e. The van der Waals surface area contributed by atoms with Crippen LogP contribution in [0.4, 0.5) is 0 Å². The van der Waals surface area contributed by atoms with Gasteiger partial charge in [-0.05, 0) is 24.1 Å². The number of hydrogen-bond donors (Lipinski definition) is 1. The highest BCUT2D eigenvalue weighted by Crippen LogP contribution is 2.36. The number of amides is 1. The Kier molecular flexibility index (Phi) is 7.16. The van der Waals surface area contributed by atoms with Gasteiger partial charge in [0.15, 0.2) is 11.5 Å². The summed E-state index contributed by atoms with van der Waals surface area (Å²) in [5.41, 5.74) is 1.29. The molecule has 1 amide bonds. The third-order valence-corrected chi connectivity index (χ3v) is 3.97. The Morgan fingerprint density at radius 1 is 1.12 bits per heavy atom. The van der Waals surface area contributed by atoms with Crippen LogP contribution in [0.15, 0.2) is 36.4 Å². The van der Waals surface area contributed by atoms with E-state index >= 15 is 0 Å². The number of carbonyl (C=O) groups is 1. The fourth-order valence-corrected chi connectivity index (χ4v) is 2.63. The van der Waals surface area contributed by atoms with Gasteiger partial charge < -0.3 is 19.5 Å². The summed E-state index contributed by atoms with van der Waals surface area (Å²) in [6, 6.07) is 10.7. The first-order valence-corrected chi connectivity index (χ1v) is 8.74. The van der Waals surface area contributed by atoms with E-state index in [2.05, 4.69) is 5.32 Å². The highest BCUT2D eigenvalue weighted by Gasteiger charge is 2.16. The normalized spacial score (nSPS) is 10.5. The molecule has 0 fully saturated rings. The molecule has 0 aliphatic carbocycles. The van der Waals surface area contributed by atoms with E-state index in [0.717, 1.165) is 11.3 Å². The van der Waals surface area contributed by atoms with Gasteiger partial charge in [-0.1, -0.05) is 43.6 Å². The van der Waals surface area contributed by atoms with Crippen molar-refractivity contribution < 1.29 is 19.0 Å². The van der Waals surface area contributed by atoms with Crippen LogP contribution in [0.1, 0.15) is 29.8 Å². The maximum atomic E-state index is 12.5. The van der Waals surface area contributed by atoms with Gasteiger partial charge in [0.2, 0.25) is 0 Å². The second kappa shape index (κ2) is 9.34. The smallest absolute Gasteiger partial charge is 0.251 e. The third-order valence-electron chi connectivity index (χ3n) is 3.68. The van der Waals surface area contributed by atoms with Crippen molar-refractivity contribution in [2.24, 2.45) is 5.92 Å². The SMILES string of the molecule is COc1ccccc1CNC(=O)c1cc(Cl)c(OCC(C)C)c(OC)c1. The van der Waals surface area contributed by atoms with Gasteiger partial charge in [-0.15, -0.1) is 0 Å². The molecule has 0 heterocycles. The van der Waals surface area contributed by atoms with Gasteiger partial charge >= 0.3 is 0 Å². The van der Waals surface area contributed by atoms with Gasteiger partial charge in [-0.2, -0.15) is 0 Å². The number of carbonyl (C=O) groups excluding carboxylic acids is 1. The summed E-state index contributed by atoms with van der Waals surface area (Å²) in [5.74, 6) is 1.69. The van der Waals surface area contributed by atoms with Crippen LogP contribution in [0.5, 0.6) is 17.2 Å². The topological polar surface area (TPSA) is 56.8 Å². The summed E-state index contributed by atoms with van der Waals surface area (Å²) in [7, 11) is 3.12. The van der Waals surface area contributed by atoms with Crippen molar-refractivity contribution >= 4 is 17.5 Å². The molecule has 5 nitrogen and oxygen atoms in total. The zero-order valence-electron chi connectivity index (χ0n) is 15.5. The van der Waals surface area contributed by atoms with E-state index in [4.69, 9.17) is 25.8 Å². The summed E-state index contributed by atoms with van der Waals surface area (Å²) in [4.78, 5) is 12.5. The van der Waals surface area contributed by atoms with Crippen LogP contribution in [-0.4, -0.2) is 26.7 Å². The lowest BCUT2D eigenvalue weighted by Crippen LogP contribution is -2.23. The van der Waals surface area contributed by atoms with Crippen LogP contribution in [0.25, 0.3) is 0 Å². The summed E-state index contributed by atoms with van der Waals surface area (Å²) < 4.78 is 16.3. The Balaban J connectivity index is 2.14. The number of ether oxygens (including phenoxy) is 3. The number of benzene rings is 2. The molecule has 26 heavy (non-hydrogen) atoms. The standard InChI is InChI=1S/C20H24ClNO4/c1-13(2)12-26-19-16(21)9-15(10-18(19)25-4)20(23)22-11-14-7-5-6-8-17(14)24-3/h5-10,13H,11-12H2,1-4H3,(H,22,23). The third kappa shape index (κ3) is 5.05. The Morgan fingerprint density at radius 3 is 2.46 bits per heavy atom. The van der Waals surface area contributed by atoms with Gasteiger partial charge in [0, 0.05) is 17.7 Å². The Labute approximate surface area is 159 Å². The quantitative estimate of drug-likeness (QED) is 0.744. The van der Waals surface area contributed by atoms with Crippen molar-refractivity contribution in [3.8, 4) is 17.2 Å². The molecule has 140 valence electrons. The minimum absolute atomic E-state index is 0.258. The van der Waals surface area contributed by atoms with E-state index in [1.165, 1.54) is 7.11 Å². The first kappa shape index (κ1) is 19.9. The number of rotatable bonds is 8. The van der Waals surface area contributed by atoms with E-state index in [1.54, 1.807) is 19.2 Å².